The van der Waals surface area contributed by atoms with Crippen LogP contribution in [0.25, 0.3) is 0 Å². The molecular formula is C20H18N4O6S. The third kappa shape index (κ3) is 3.59. The van der Waals surface area contributed by atoms with Crippen LogP contribution in [-0.2, 0) is 14.8 Å². The third-order valence-electron chi connectivity index (χ3n) is 4.58. The molecule has 0 bridgehead atoms. The first kappa shape index (κ1) is 20.4. The van der Waals surface area contributed by atoms with Crippen LogP contribution in [-0.4, -0.2) is 39.2 Å². The molecule has 10 nitrogen and oxygen atoms in total. The van der Waals surface area contributed by atoms with Gasteiger partial charge < -0.3 is 14.6 Å². The summed E-state index contributed by atoms with van der Waals surface area (Å²) in [6.07, 6.45) is 0. The predicted molar refractivity (Wildman–Crippen MR) is 112 cm³/mol. The number of carbonyl (C=O) groups excluding carboxylic acids is 2. The molecule has 2 heterocycles. The number of nitrogens with one attached hydrogen (secondary N) is 1. The Hall–Kier alpha value is -3.86. The Kier molecular flexibility index (Phi) is 5.11. The molecule has 0 unspecified atom stereocenters. The number of ether oxygens (including phenoxy) is 1. The van der Waals surface area contributed by atoms with Crippen LogP contribution in [0.1, 0.15) is 5.76 Å². The van der Waals surface area contributed by atoms with E-state index in [1.54, 1.807) is 37.3 Å². The van der Waals surface area contributed by atoms with Crippen molar-refractivity contribution in [2.24, 2.45) is 0 Å². The lowest BCUT2D eigenvalue weighted by atomic mass is 10.2. The molecule has 31 heavy (non-hydrogen) atoms. The van der Waals surface area contributed by atoms with Crippen LogP contribution < -0.4 is 19.3 Å². The Bertz CT molecular complexity index is 1270. The van der Waals surface area contributed by atoms with E-state index in [4.69, 9.17) is 9.26 Å². The Morgan fingerprint density at radius 2 is 1.81 bits per heavy atom. The van der Waals surface area contributed by atoms with Gasteiger partial charge in [0.1, 0.15) is 28.6 Å². The van der Waals surface area contributed by atoms with Crippen molar-refractivity contribution in [1.82, 2.24) is 5.16 Å². The second-order valence-electron chi connectivity index (χ2n) is 6.65. The standard InChI is InChI=1S/C20H18N4O6S/c1-13-11-18(22-30-13)21-19(25)12-23-15-8-4-6-10-17(15)31(27,28)24(20(23)26)14-7-3-5-9-16(14)29-2/h3-11H,12H2,1-2H3,(H,21,22,25). The van der Waals surface area contributed by atoms with Gasteiger partial charge in [-0.15, -0.1) is 0 Å². The van der Waals surface area contributed by atoms with Crippen LogP contribution in [0.3, 0.4) is 0 Å². The van der Waals surface area contributed by atoms with Gasteiger partial charge in [0.05, 0.1) is 12.8 Å². The predicted octanol–water partition coefficient (Wildman–Crippen LogP) is 2.77. The van der Waals surface area contributed by atoms with Crippen molar-refractivity contribution >= 4 is 39.2 Å². The second-order valence-corrected chi connectivity index (χ2v) is 8.40. The van der Waals surface area contributed by atoms with E-state index in [2.05, 4.69) is 10.5 Å². The van der Waals surface area contributed by atoms with Gasteiger partial charge in [-0.2, -0.15) is 4.31 Å². The first-order valence-electron chi connectivity index (χ1n) is 9.15. The van der Waals surface area contributed by atoms with Crippen LogP contribution in [0, 0.1) is 6.92 Å². The number of hydrogen-bond donors (Lipinski definition) is 1. The van der Waals surface area contributed by atoms with Gasteiger partial charge in [-0.25, -0.2) is 13.2 Å². The van der Waals surface area contributed by atoms with Crippen molar-refractivity contribution in [1.29, 1.82) is 0 Å². The van der Waals surface area contributed by atoms with E-state index in [-0.39, 0.29) is 27.8 Å². The minimum absolute atomic E-state index is 0.0436. The summed E-state index contributed by atoms with van der Waals surface area (Å²) in [5.41, 5.74) is 0.146. The lowest BCUT2D eigenvalue weighted by Gasteiger charge is -2.36. The number of hydrogen-bond acceptors (Lipinski definition) is 7. The average molecular weight is 442 g/mol. The Balaban J connectivity index is 1.76. The number of benzene rings is 2. The van der Waals surface area contributed by atoms with E-state index in [9.17, 15) is 18.0 Å². The van der Waals surface area contributed by atoms with E-state index in [1.165, 1.54) is 31.4 Å². The monoisotopic (exact) mass is 442 g/mol. The molecule has 3 aromatic rings. The van der Waals surface area contributed by atoms with E-state index in [0.29, 0.717) is 10.1 Å². The molecule has 1 aliphatic rings. The third-order valence-corrected chi connectivity index (χ3v) is 6.31. The van der Waals surface area contributed by atoms with Crippen molar-refractivity contribution in [2.45, 2.75) is 11.8 Å². The summed E-state index contributed by atoms with van der Waals surface area (Å²) in [4.78, 5) is 26.9. The van der Waals surface area contributed by atoms with Crippen molar-refractivity contribution < 1.29 is 27.3 Å². The highest BCUT2D eigenvalue weighted by molar-refractivity contribution is 7.94. The summed E-state index contributed by atoms with van der Waals surface area (Å²) in [6, 6.07) is 12.8. The zero-order valence-corrected chi connectivity index (χ0v) is 17.4. The summed E-state index contributed by atoms with van der Waals surface area (Å²) < 4.78 is 37.4. The fraction of sp³-hybridized carbons (Fsp3) is 0.150. The fourth-order valence-electron chi connectivity index (χ4n) is 3.25. The SMILES string of the molecule is COc1ccccc1N1C(=O)N(CC(=O)Nc2cc(C)on2)c2ccccc2S1(=O)=O. The van der Waals surface area contributed by atoms with Gasteiger partial charge in [-0.3, -0.25) is 9.69 Å². The number of para-hydroxylation sites is 3. The highest BCUT2D eigenvalue weighted by atomic mass is 32.2. The maximum absolute atomic E-state index is 13.4. The maximum atomic E-state index is 13.4. The van der Waals surface area contributed by atoms with Gasteiger partial charge in [0, 0.05) is 6.07 Å². The number of aromatic nitrogens is 1. The summed E-state index contributed by atoms with van der Waals surface area (Å²) in [6.45, 7) is 1.23. The molecule has 2 aromatic carbocycles. The lowest BCUT2D eigenvalue weighted by Crippen LogP contribution is -2.53. The molecule has 4 rings (SSSR count). The molecule has 0 saturated heterocycles. The largest absolute Gasteiger partial charge is 0.495 e. The van der Waals surface area contributed by atoms with Crippen LogP contribution in [0.2, 0.25) is 0 Å². The number of carbonyl (C=O) groups is 2. The van der Waals surface area contributed by atoms with Gasteiger partial charge in [-0.1, -0.05) is 29.4 Å². The summed E-state index contributed by atoms with van der Waals surface area (Å²) in [5.74, 6) is 0.314. The zero-order valence-electron chi connectivity index (χ0n) is 16.6. The summed E-state index contributed by atoms with van der Waals surface area (Å²) >= 11 is 0. The van der Waals surface area contributed by atoms with Gasteiger partial charge in [-0.05, 0) is 31.2 Å². The highest BCUT2D eigenvalue weighted by Crippen LogP contribution is 2.40. The molecule has 1 aliphatic heterocycles. The van der Waals surface area contributed by atoms with Crippen molar-refractivity contribution in [3.8, 4) is 5.75 Å². The van der Waals surface area contributed by atoms with Crippen LogP contribution in [0.4, 0.5) is 22.0 Å². The maximum Gasteiger partial charge on any atom is 0.343 e. The number of nitrogens with zero attached hydrogens (tertiary/aromatic N) is 3. The second kappa shape index (κ2) is 7.76. The van der Waals surface area contributed by atoms with Gasteiger partial charge in [0.15, 0.2) is 5.82 Å². The van der Waals surface area contributed by atoms with Crippen molar-refractivity contribution in [3.63, 3.8) is 0 Å². The normalized spacial score (nSPS) is 14.8. The topological polar surface area (TPSA) is 122 Å². The minimum Gasteiger partial charge on any atom is -0.495 e. The summed E-state index contributed by atoms with van der Waals surface area (Å²) in [5, 5.41) is 6.22. The fourth-order valence-corrected chi connectivity index (χ4v) is 4.85. The number of aryl methyl sites for hydroxylation is 1. The van der Waals surface area contributed by atoms with Crippen molar-refractivity contribution in [3.05, 3.63) is 60.4 Å². The summed E-state index contributed by atoms with van der Waals surface area (Å²) in [7, 11) is -2.86. The molecule has 0 radical (unpaired) electrons. The average Bonchev–Trinajstić information content (AvgIpc) is 3.16. The van der Waals surface area contributed by atoms with Crippen LogP contribution in [0.15, 0.2) is 64.0 Å². The van der Waals surface area contributed by atoms with Gasteiger partial charge in [0.2, 0.25) is 5.91 Å². The quantitative estimate of drug-likeness (QED) is 0.645. The minimum atomic E-state index is -4.24. The molecule has 0 saturated carbocycles. The number of rotatable bonds is 5. The van der Waals surface area contributed by atoms with E-state index in [0.717, 1.165) is 4.90 Å². The Labute approximate surface area is 178 Å². The number of anilines is 3. The molecule has 1 N–H and O–H groups in total. The number of amides is 3. The molecule has 160 valence electrons. The molecule has 0 spiro atoms. The number of fused-ring (bicyclic) bond motifs is 1. The van der Waals surface area contributed by atoms with Crippen LogP contribution in [0.5, 0.6) is 5.75 Å². The number of methoxy groups -OCH3 is 1. The number of urea groups is 1. The molecule has 1 aromatic heterocycles. The van der Waals surface area contributed by atoms with Gasteiger partial charge in [0.25, 0.3) is 10.0 Å². The molecule has 0 aliphatic carbocycles. The first-order chi connectivity index (χ1) is 14.8. The molecule has 11 heteroatoms. The molecule has 0 atom stereocenters. The van der Waals surface area contributed by atoms with E-state index in [1.807, 2.05) is 0 Å². The Morgan fingerprint density at radius 3 is 2.48 bits per heavy atom. The van der Waals surface area contributed by atoms with Crippen molar-refractivity contribution in [2.75, 3.05) is 28.2 Å². The lowest BCUT2D eigenvalue weighted by molar-refractivity contribution is -0.114. The smallest absolute Gasteiger partial charge is 0.343 e. The highest BCUT2D eigenvalue weighted by Gasteiger charge is 2.44. The van der Waals surface area contributed by atoms with E-state index >= 15 is 0 Å². The molecule has 0 fully saturated rings. The van der Waals surface area contributed by atoms with Gasteiger partial charge >= 0.3 is 6.03 Å². The molecular weight excluding hydrogens is 424 g/mol. The first-order valence-corrected chi connectivity index (χ1v) is 10.6. The van der Waals surface area contributed by atoms with E-state index < -0.39 is 28.5 Å². The van der Waals surface area contributed by atoms with Crippen LogP contribution >= 0.6 is 0 Å². The zero-order chi connectivity index (χ0) is 22.2. The Morgan fingerprint density at radius 1 is 1.13 bits per heavy atom. The molecule has 3 amide bonds. The number of sulfonamides is 1.